The molecule has 0 aliphatic heterocycles. The largest absolute Gasteiger partial charge is 0.307 e. The number of halogens is 1. The summed E-state index contributed by atoms with van der Waals surface area (Å²) < 4.78 is 1.85. The zero-order valence-electron chi connectivity index (χ0n) is 12.0. The lowest BCUT2D eigenvalue weighted by Gasteiger charge is -2.18. The molecule has 1 aromatic carbocycles. The Labute approximate surface area is 124 Å². The minimum Gasteiger partial charge on any atom is -0.307 e. The van der Waals surface area contributed by atoms with E-state index in [4.69, 9.17) is 11.6 Å². The van der Waals surface area contributed by atoms with Crippen molar-refractivity contribution in [2.45, 2.75) is 39.3 Å². The Kier molecular flexibility index (Phi) is 5.09. The highest BCUT2D eigenvalue weighted by Crippen LogP contribution is 2.22. The molecular formula is C14H20ClN5. The van der Waals surface area contributed by atoms with Crippen molar-refractivity contribution in [2.75, 3.05) is 6.54 Å². The lowest BCUT2D eigenvalue weighted by Crippen LogP contribution is -2.24. The smallest absolute Gasteiger partial charge is 0.168 e. The summed E-state index contributed by atoms with van der Waals surface area (Å²) in [6.07, 6.45) is 1.08. The molecule has 5 nitrogen and oxygen atoms in total. The highest BCUT2D eigenvalue weighted by molar-refractivity contribution is 6.30. The molecule has 2 unspecified atom stereocenters. The summed E-state index contributed by atoms with van der Waals surface area (Å²) in [5.74, 6) is 0.839. The van der Waals surface area contributed by atoms with Crippen LogP contribution < -0.4 is 5.32 Å². The molecule has 0 bridgehead atoms. The number of nitrogens with one attached hydrogen (secondary N) is 1. The standard InChI is InChI=1S/C14H20ClN5/c1-4-8-16-10(2)14-17-18-19-20(14)11(3)12-6-5-7-13(15)9-12/h5-7,9-11,16H,4,8H2,1-3H3. The minimum absolute atomic E-state index is 0.0459. The molecule has 1 aromatic heterocycles. The average Bonchev–Trinajstić information content (AvgIpc) is 2.93. The van der Waals surface area contributed by atoms with Crippen molar-refractivity contribution >= 4 is 11.6 Å². The Morgan fingerprint density at radius 2 is 2.15 bits per heavy atom. The summed E-state index contributed by atoms with van der Waals surface area (Å²) in [5.41, 5.74) is 1.09. The lowest BCUT2D eigenvalue weighted by molar-refractivity contribution is 0.464. The molecule has 1 heterocycles. The number of aromatic nitrogens is 4. The molecular weight excluding hydrogens is 274 g/mol. The van der Waals surface area contributed by atoms with Gasteiger partial charge in [0.1, 0.15) is 0 Å². The molecule has 0 saturated carbocycles. The summed E-state index contributed by atoms with van der Waals surface area (Å²) in [7, 11) is 0. The molecule has 0 aliphatic rings. The van der Waals surface area contributed by atoms with E-state index in [1.165, 1.54) is 0 Å². The minimum atomic E-state index is 0.0459. The van der Waals surface area contributed by atoms with Crippen LogP contribution in [0.3, 0.4) is 0 Å². The van der Waals surface area contributed by atoms with E-state index in [1.807, 2.05) is 28.9 Å². The van der Waals surface area contributed by atoms with Crippen LogP contribution in [0.15, 0.2) is 24.3 Å². The Hall–Kier alpha value is -1.46. The number of rotatable bonds is 6. The topological polar surface area (TPSA) is 55.6 Å². The highest BCUT2D eigenvalue weighted by atomic mass is 35.5. The summed E-state index contributed by atoms with van der Waals surface area (Å²) in [5, 5.41) is 16.2. The van der Waals surface area contributed by atoms with Gasteiger partial charge in [-0.15, -0.1) is 5.10 Å². The zero-order valence-corrected chi connectivity index (χ0v) is 12.8. The third-order valence-corrected chi connectivity index (χ3v) is 3.54. The van der Waals surface area contributed by atoms with E-state index in [2.05, 4.69) is 41.6 Å². The summed E-state index contributed by atoms with van der Waals surface area (Å²) in [6.45, 7) is 7.22. The first-order chi connectivity index (χ1) is 9.63. The molecule has 2 aromatic rings. The van der Waals surface area contributed by atoms with E-state index in [1.54, 1.807) is 0 Å². The van der Waals surface area contributed by atoms with Crippen molar-refractivity contribution in [3.8, 4) is 0 Å². The third-order valence-electron chi connectivity index (χ3n) is 3.30. The molecule has 0 fully saturated rings. The maximum atomic E-state index is 6.05. The van der Waals surface area contributed by atoms with E-state index in [0.717, 1.165) is 29.4 Å². The van der Waals surface area contributed by atoms with Gasteiger partial charge in [0.25, 0.3) is 0 Å². The van der Waals surface area contributed by atoms with Gasteiger partial charge in [-0.25, -0.2) is 4.68 Å². The Balaban J connectivity index is 2.23. The summed E-state index contributed by atoms with van der Waals surface area (Å²) in [4.78, 5) is 0. The molecule has 2 rings (SSSR count). The van der Waals surface area contributed by atoms with Crippen molar-refractivity contribution in [3.63, 3.8) is 0 Å². The Morgan fingerprint density at radius 1 is 1.35 bits per heavy atom. The van der Waals surface area contributed by atoms with Gasteiger partial charge in [-0.1, -0.05) is 30.7 Å². The van der Waals surface area contributed by atoms with Gasteiger partial charge in [-0.05, 0) is 54.9 Å². The number of hydrogen-bond donors (Lipinski definition) is 1. The van der Waals surface area contributed by atoms with Crippen LogP contribution in [0.1, 0.15) is 50.7 Å². The molecule has 2 atom stereocenters. The molecule has 0 amide bonds. The van der Waals surface area contributed by atoms with Crippen LogP contribution in [0.25, 0.3) is 0 Å². The quantitative estimate of drug-likeness (QED) is 0.889. The van der Waals surface area contributed by atoms with Gasteiger partial charge < -0.3 is 5.32 Å². The molecule has 1 N–H and O–H groups in total. The van der Waals surface area contributed by atoms with Gasteiger partial charge >= 0.3 is 0 Å². The molecule has 20 heavy (non-hydrogen) atoms. The van der Waals surface area contributed by atoms with Gasteiger partial charge in [-0.3, -0.25) is 0 Å². The van der Waals surface area contributed by atoms with Gasteiger partial charge in [-0.2, -0.15) is 0 Å². The van der Waals surface area contributed by atoms with Gasteiger partial charge in [0.05, 0.1) is 12.1 Å². The number of nitrogens with zero attached hydrogens (tertiary/aromatic N) is 4. The highest BCUT2D eigenvalue weighted by Gasteiger charge is 2.19. The third kappa shape index (κ3) is 3.35. The summed E-state index contributed by atoms with van der Waals surface area (Å²) >= 11 is 6.05. The fraction of sp³-hybridized carbons (Fsp3) is 0.500. The predicted octanol–water partition coefficient (Wildman–Crippen LogP) is 3.00. The number of hydrogen-bond acceptors (Lipinski definition) is 4. The van der Waals surface area contributed by atoms with Crippen molar-refractivity contribution in [1.82, 2.24) is 25.5 Å². The van der Waals surface area contributed by atoms with Gasteiger partial charge in [0.2, 0.25) is 0 Å². The molecule has 0 saturated heterocycles. The lowest BCUT2D eigenvalue weighted by atomic mass is 10.1. The number of benzene rings is 1. The monoisotopic (exact) mass is 293 g/mol. The van der Waals surface area contributed by atoms with Crippen molar-refractivity contribution in [3.05, 3.63) is 40.7 Å². The van der Waals surface area contributed by atoms with Crippen LogP contribution in [0.5, 0.6) is 0 Å². The maximum absolute atomic E-state index is 6.05. The van der Waals surface area contributed by atoms with E-state index < -0.39 is 0 Å². The first-order valence-corrected chi connectivity index (χ1v) is 7.28. The average molecular weight is 294 g/mol. The van der Waals surface area contributed by atoms with E-state index >= 15 is 0 Å². The van der Waals surface area contributed by atoms with E-state index in [-0.39, 0.29) is 12.1 Å². The van der Waals surface area contributed by atoms with Crippen LogP contribution in [0.2, 0.25) is 5.02 Å². The fourth-order valence-electron chi connectivity index (χ4n) is 2.12. The molecule has 0 radical (unpaired) electrons. The molecule has 6 heteroatoms. The number of tetrazole rings is 1. The van der Waals surface area contributed by atoms with Gasteiger partial charge in [0.15, 0.2) is 5.82 Å². The van der Waals surface area contributed by atoms with Crippen molar-refractivity contribution < 1.29 is 0 Å². The van der Waals surface area contributed by atoms with Crippen LogP contribution in [-0.4, -0.2) is 26.8 Å². The second kappa shape index (κ2) is 6.81. The Bertz CT molecular complexity index is 554. The fourth-order valence-corrected chi connectivity index (χ4v) is 2.32. The van der Waals surface area contributed by atoms with Crippen molar-refractivity contribution in [2.24, 2.45) is 0 Å². The van der Waals surface area contributed by atoms with E-state index in [0.29, 0.717) is 0 Å². The predicted molar refractivity (Wildman–Crippen MR) is 79.8 cm³/mol. The maximum Gasteiger partial charge on any atom is 0.168 e. The second-order valence-electron chi connectivity index (χ2n) is 4.89. The van der Waals surface area contributed by atoms with Gasteiger partial charge in [0, 0.05) is 5.02 Å². The summed E-state index contributed by atoms with van der Waals surface area (Å²) in [6, 6.07) is 7.95. The first kappa shape index (κ1) is 14.9. The van der Waals surface area contributed by atoms with Crippen LogP contribution in [0, 0.1) is 0 Å². The Morgan fingerprint density at radius 3 is 2.85 bits per heavy atom. The molecule has 0 spiro atoms. The molecule has 108 valence electrons. The first-order valence-electron chi connectivity index (χ1n) is 6.90. The van der Waals surface area contributed by atoms with Crippen LogP contribution in [0.4, 0.5) is 0 Å². The zero-order chi connectivity index (χ0) is 14.5. The SMILES string of the molecule is CCCNC(C)c1nnnn1C(C)c1cccc(Cl)c1. The molecule has 0 aliphatic carbocycles. The normalized spacial score (nSPS) is 14.2. The van der Waals surface area contributed by atoms with Crippen LogP contribution in [-0.2, 0) is 0 Å². The van der Waals surface area contributed by atoms with Crippen molar-refractivity contribution in [1.29, 1.82) is 0 Å². The second-order valence-corrected chi connectivity index (χ2v) is 5.32. The van der Waals surface area contributed by atoms with Crippen LogP contribution >= 0.6 is 11.6 Å². The van der Waals surface area contributed by atoms with E-state index in [9.17, 15) is 0 Å².